The van der Waals surface area contributed by atoms with Crippen molar-refractivity contribution in [3.8, 4) is 0 Å². The van der Waals surface area contributed by atoms with E-state index in [4.69, 9.17) is 11.6 Å². The van der Waals surface area contributed by atoms with Crippen molar-refractivity contribution < 1.29 is 17.7 Å². The molecule has 13 heavy (non-hydrogen) atoms. The predicted octanol–water partition coefficient (Wildman–Crippen LogP) is 2.91. The van der Waals surface area contributed by atoms with Gasteiger partial charge in [-0.25, -0.2) is 0 Å². The van der Waals surface area contributed by atoms with Crippen LogP contribution in [0.4, 0.5) is 12.9 Å². The molecule has 0 aliphatic rings. The van der Waals surface area contributed by atoms with E-state index in [1.807, 2.05) is 0 Å². The van der Waals surface area contributed by atoms with Crippen LogP contribution in [0.3, 0.4) is 0 Å². The first-order chi connectivity index (χ1) is 5.91. The second kappa shape index (κ2) is 3.42. The van der Waals surface area contributed by atoms with Crippen LogP contribution in [0, 0.1) is 0 Å². The van der Waals surface area contributed by atoms with Gasteiger partial charge in [0.1, 0.15) is 5.68 Å². The Hall–Kier alpha value is -0.965. The van der Waals surface area contributed by atoms with Gasteiger partial charge in [-0.2, -0.15) is 0 Å². The van der Waals surface area contributed by atoms with Crippen molar-refractivity contribution >= 4 is 24.3 Å². The lowest BCUT2D eigenvalue weighted by atomic mass is 9.80. The second-order valence-corrected chi connectivity index (χ2v) is 2.88. The molecular formula is C7H4BClF3O-. The largest absolute Gasteiger partial charge is 0.549 e. The molecule has 0 aliphatic carbocycles. The van der Waals surface area contributed by atoms with Gasteiger partial charge in [-0.05, 0) is 17.7 Å². The SMILES string of the molecule is O=C(c1ccc(Cl)cc1)[B-](F)(F)F. The first-order valence-electron chi connectivity index (χ1n) is 3.41. The van der Waals surface area contributed by atoms with Crippen molar-refractivity contribution in [1.29, 1.82) is 0 Å². The molecule has 0 spiro atoms. The molecule has 0 heterocycles. The molecule has 1 aromatic rings. The summed E-state index contributed by atoms with van der Waals surface area (Å²) in [5.74, 6) is 0. The first kappa shape index (κ1) is 10.1. The summed E-state index contributed by atoms with van der Waals surface area (Å²) < 4.78 is 35.7. The maximum Gasteiger partial charge on any atom is 0.549 e. The summed E-state index contributed by atoms with van der Waals surface area (Å²) >= 11 is 5.44. The highest BCUT2D eigenvalue weighted by atomic mass is 35.5. The smallest absolute Gasteiger partial charge is 0.443 e. The lowest BCUT2D eigenvalue weighted by molar-refractivity contribution is 0.102. The Bertz CT molecular complexity index is 320. The number of halogens is 4. The fourth-order valence-electron chi connectivity index (χ4n) is 0.803. The van der Waals surface area contributed by atoms with Crippen LogP contribution in [0.15, 0.2) is 24.3 Å². The monoisotopic (exact) mass is 207 g/mol. The molecule has 1 aromatic carbocycles. The standard InChI is InChI=1S/C7H4BClF3O/c9-6-3-1-5(2-4-6)7(13)8(10,11)12/h1-4H/q-1. The van der Waals surface area contributed by atoms with Gasteiger partial charge in [0.05, 0.1) is 0 Å². The minimum absolute atomic E-state index is 0.297. The van der Waals surface area contributed by atoms with Crippen LogP contribution in [0.5, 0.6) is 0 Å². The lowest BCUT2D eigenvalue weighted by Gasteiger charge is -2.12. The van der Waals surface area contributed by atoms with E-state index in [1.54, 1.807) is 0 Å². The molecule has 0 radical (unpaired) electrons. The van der Waals surface area contributed by atoms with Crippen molar-refractivity contribution in [3.05, 3.63) is 34.9 Å². The third kappa shape index (κ3) is 2.49. The van der Waals surface area contributed by atoms with Crippen molar-refractivity contribution in [2.75, 3.05) is 0 Å². The molecule has 0 unspecified atom stereocenters. The third-order valence-electron chi connectivity index (χ3n) is 1.43. The summed E-state index contributed by atoms with van der Waals surface area (Å²) in [6.45, 7) is -5.44. The number of hydrogen-bond acceptors (Lipinski definition) is 1. The van der Waals surface area contributed by atoms with Crippen LogP contribution >= 0.6 is 11.6 Å². The van der Waals surface area contributed by atoms with E-state index in [2.05, 4.69) is 0 Å². The predicted molar refractivity (Wildman–Crippen MR) is 44.9 cm³/mol. The summed E-state index contributed by atoms with van der Waals surface area (Å²) in [6, 6.07) is 4.60. The number of rotatable bonds is 2. The van der Waals surface area contributed by atoms with Gasteiger partial charge < -0.3 is 17.7 Å². The molecule has 0 aliphatic heterocycles. The maximum atomic E-state index is 11.9. The molecule has 1 nitrogen and oxygen atoms in total. The fourth-order valence-corrected chi connectivity index (χ4v) is 0.929. The first-order valence-corrected chi connectivity index (χ1v) is 3.79. The van der Waals surface area contributed by atoms with Gasteiger partial charge in [-0.15, -0.1) is 0 Å². The summed E-state index contributed by atoms with van der Waals surface area (Å²) in [5.41, 5.74) is -2.17. The van der Waals surface area contributed by atoms with E-state index in [-0.39, 0.29) is 5.56 Å². The van der Waals surface area contributed by atoms with Gasteiger partial charge in [0.15, 0.2) is 0 Å². The minimum atomic E-state index is -5.44. The van der Waals surface area contributed by atoms with E-state index in [0.29, 0.717) is 5.02 Å². The van der Waals surface area contributed by atoms with Crippen LogP contribution in [0.25, 0.3) is 0 Å². The molecule has 0 saturated carbocycles. The molecule has 70 valence electrons. The van der Waals surface area contributed by atoms with E-state index in [0.717, 1.165) is 12.1 Å². The second-order valence-electron chi connectivity index (χ2n) is 2.45. The van der Waals surface area contributed by atoms with Gasteiger partial charge in [-0.1, -0.05) is 23.7 Å². The zero-order valence-electron chi connectivity index (χ0n) is 6.31. The molecule has 0 saturated heterocycles. The highest BCUT2D eigenvalue weighted by Crippen LogP contribution is 2.18. The van der Waals surface area contributed by atoms with Crippen molar-refractivity contribution in [2.45, 2.75) is 0 Å². The minimum Gasteiger partial charge on any atom is -0.443 e. The Morgan fingerprint density at radius 3 is 2.00 bits per heavy atom. The number of carbonyl (C=O) groups is 1. The topological polar surface area (TPSA) is 17.1 Å². The summed E-state index contributed by atoms with van der Waals surface area (Å²) in [7, 11) is 0. The van der Waals surface area contributed by atoms with Crippen molar-refractivity contribution in [3.63, 3.8) is 0 Å². The average molecular weight is 207 g/mol. The van der Waals surface area contributed by atoms with Gasteiger partial charge in [-0.3, -0.25) is 0 Å². The number of benzene rings is 1. The Labute approximate surface area is 77.6 Å². The highest BCUT2D eigenvalue weighted by molar-refractivity contribution is 6.93. The summed E-state index contributed by atoms with van der Waals surface area (Å²) in [5, 5.41) is 0.297. The van der Waals surface area contributed by atoms with Crippen LogP contribution in [-0.4, -0.2) is 12.7 Å². The third-order valence-corrected chi connectivity index (χ3v) is 1.68. The Balaban J connectivity index is 2.97. The Morgan fingerprint density at radius 2 is 1.62 bits per heavy atom. The molecule has 1 rings (SSSR count). The number of carbonyl (C=O) groups excluding carboxylic acids is 1. The Morgan fingerprint density at radius 1 is 1.15 bits per heavy atom. The van der Waals surface area contributed by atoms with Crippen LogP contribution in [0.2, 0.25) is 5.02 Å². The van der Waals surface area contributed by atoms with Gasteiger partial charge in [0.2, 0.25) is 0 Å². The normalized spacial score (nSPS) is 11.4. The molecule has 0 fully saturated rings. The lowest BCUT2D eigenvalue weighted by Crippen LogP contribution is -2.29. The fraction of sp³-hybridized carbons (Fsp3) is 0. The number of hydrogen-bond donors (Lipinski definition) is 0. The van der Waals surface area contributed by atoms with Crippen molar-refractivity contribution in [1.82, 2.24) is 0 Å². The molecule has 0 atom stereocenters. The molecule has 6 heteroatoms. The quantitative estimate of drug-likeness (QED) is 0.682. The Kier molecular flexibility index (Phi) is 2.66. The van der Waals surface area contributed by atoms with Crippen LogP contribution in [0.1, 0.15) is 10.4 Å². The van der Waals surface area contributed by atoms with Crippen LogP contribution < -0.4 is 0 Å². The van der Waals surface area contributed by atoms with E-state index in [9.17, 15) is 17.7 Å². The van der Waals surface area contributed by atoms with Gasteiger partial charge in [0, 0.05) is 5.02 Å². The summed E-state index contributed by atoms with van der Waals surface area (Å²) in [4.78, 5) is 10.6. The maximum absolute atomic E-state index is 11.9. The molecular weight excluding hydrogens is 203 g/mol. The van der Waals surface area contributed by atoms with E-state index >= 15 is 0 Å². The van der Waals surface area contributed by atoms with E-state index in [1.165, 1.54) is 12.1 Å². The van der Waals surface area contributed by atoms with E-state index < -0.39 is 12.7 Å². The zero-order valence-corrected chi connectivity index (χ0v) is 7.06. The van der Waals surface area contributed by atoms with Gasteiger partial charge >= 0.3 is 6.98 Å². The van der Waals surface area contributed by atoms with Crippen molar-refractivity contribution in [2.24, 2.45) is 0 Å². The molecule has 0 aromatic heterocycles. The van der Waals surface area contributed by atoms with Gasteiger partial charge in [0.25, 0.3) is 0 Å². The molecule has 0 bridgehead atoms. The summed E-state index contributed by atoms with van der Waals surface area (Å²) in [6.07, 6.45) is 0. The zero-order chi connectivity index (χ0) is 10.1. The average Bonchev–Trinajstić information content (AvgIpc) is 2.03. The highest BCUT2D eigenvalue weighted by Gasteiger charge is 2.33. The molecule has 0 amide bonds. The van der Waals surface area contributed by atoms with Crippen LogP contribution in [-0.2, 0) is 0 Å². The molecule has 0 N–H and O–H groups in total.